The number of rotatable bonds is 2. The second-order valence-corrected chi connectivity index (χ2v) is 6.66. The predicted molar refractivity (Wildman–Crippen MR) is 99.2 cm³/mol. The monoisotopic (exact) mass is 334 g/mol. The summed E-state index contributed by atoms with van der Waals surface area (Å²) >= 11 is 0. The predicted octanol–water partition coefficient (Wildman–Crippen LogP) is 2.91. The Morgan fingerprint density at radius 3 is 2.56 bits per heavy atom. The third-order valence-corrected chi connectivity index (χ3v) is 4.86. The summed E-state index contributed by atoms with van der Waals surface area (Å²) in [6.45, 7) is 7.30. The Hall–Kier alpha value is -2.82. The van der Waals surface area contributed by atoms with E-state index in [1.165, 1.54) is 11.3 Å². The molecule has 5 heteroatoms. The van der Waals surface area contributed by atoms with Gasteiger partial charge in [0.2, 0.25) is 0 Å². The molecule has 128 valence electrons. The molecule has 5 nitrogen and oxygen atoms in total. The van der Waals surface area contributed by atoms with Crippen LogP contribution < -0.4 is 4.90 Å². The fraction of sp³-hybridized carbons (Fsp3) is 0.300. The summed E-state index contributed by atoms with van der Waals surface area (Å²) in [5, 5.41) is 0. The number of aryl methyl sites for hydroxylation is 2. The molecule has 0 bridgehead atoms. The van der Waals surface area contributed by atoms with Crippen molar-refractivity contribution >= 4 is 17.2 Å². The molecule has 25 heavy (non-hydrogen) atoms. The van der Waals surface area contributed by atoms with Crippen LogP contribution in [-0.4, -0.2) is 46.4 Å². The summed E-state index contributed by atoms with van der Waals surface area (Å²) in [4.78, 5) is 21.6. The minimum absolute atomic E-state index is 0.0192. The zero-order valence-electron chi connectivity index (χ0n) is 14.6. The molecular formula is C20H22N4O. The Morgan fingerprint density at radius 2 is 1.80 bits per heavy atom. The smallest absolute Gasteiger partial charge is 0.274 e. The van der Waals surface area contributed by atoms with Crippen molar-refractivity contribution in [3.05, 3.63) is 65.6 Å². The molecule has 0 atom stereocenters. The van der Waals surface area contributed by atoms with Crippen LogP contribution in [0.25, 0.3) is 5.65 Å². The molecule has 1 aromatic carbocycles. The third kappa shape index (κ3) is 2.97. The molecule has 1 aliphatic heterocycles. The number of hydrogen-bond donors (Lipinski definition) is 0. The highest BCUT2D eigenvalue weighted by atomic mass is 16.2. The highest BCUT2D eigenvalue weighted by Crippen LogP contribution is 2.21. The van der Waals surface area contributed by atoms with Gasteiger partial charge in [0.25, 0.3) is 5.91 Å². The van der Waals surface area contributed by atoms with Crippen LogP contribution in [-0.2, 0) is 0 Å². The summed E-state index contributed by atoms with van der Waals surface area (Å²) < 4.78 is 1.91. The van der Waals surface area contributed by atoms with E-state index in [0.29, 0.717) is 5.69 Å². The summed E-state index contributed by atoms with van der Waals surface area (Å²) in [5.41, 5.74) is 5.02. The fourth-order valence-electron chi connectivity index (χ4n) is 3.42. The molecule has 0 aliphatic carbocycles. The van der Waals surface area contributed by atoms with Crippen molar-refractivity contribution in [2.75, 3.05) is 31.1 Å². The number of benzene rings is 1. The molecule has 1 saturated heterocycles. The van der Waals surface area contributed by atoms with E-state index in [4.69, 9.17) is 0 Å². The van der Waals surface area contributed by atoms with Crippen molar-refractivity contribution in [3.63, 3.8) is 0 Å². The van der Waals surface area contributed by atoms with E-state index >= 15 is 0 Å². The van der Waals surface area contributed by atoms with Crippen LogP contribution >= 0.6 is 0 Å². The van der Waals surface area contributed by atoms with Gasteiger partial charge in [-0.05, 0) is 43.2 Å². The second-order valence-electron chi connectivity index (χ2n) is 6.66. The highest BCUT2D eigenvalue weighted by molar-refractivity contribution is 5.93. The van der Waals surface area contributed by atoms with Crippen molar-refractivity contribution in [1.29, 1.82) is 0 Å². The quantitative estimate of drug-likeness (QED) is 0.723. The van der Waals surface area contributed by atoms with E-state index in [2.05, 4.69) is 41.1 Å². The van der Waals surface area contributed by atoms with Crippen molar-refractivity contribution in [3.8, 4) is 0 Å². The maximum Gasteiger partial charge on any atom is 0.274 e. The summed E-state index contributed by atoms with van der Waals surface area (Å²) in [6.07, 6.45) is 3.77. The average molecular weight is 334 g/mol. The normalized spacial score (nSPS) is 15.0. The maximum atomic E-state index is 12.8. The lowest BCUT2D eigenvalue weighted by Crippen LogP contribution is -2.49. The van der Waals surface area contributed by atoms with E-state index in [1.54, 1.807) is 0 Å². The van der Waals surface area contributed by atoms with E-state index < -0.39 is 0 Å². The van der Waals surface area contributed by atoms with Crippen LogP contribution in [0, 0.1) is 13.8 Å². The number of aromatic nitrogens is 2. The van der Waals surface area contributed by atoms with Gasteiger partial charge in [-0.25, -0.2) is 4.98 Å². The Balaban J connectivity index is 1.48. The molecule has 0 N–H and O–H groups in total. The molecule has 1 amide bonds. The van der Waals surface area contributed by atoms with Gasteiger partial charge in [-0.3, -0.25) is 4.79 Å². The fourth-order valence-corrected chi connectivity index (χ4v) is 3.42. The first kappa shape index (κ1) is 15.7. The number of pyridine rings is 1. The maximum absolute atomic E-state index is 12.8. The molecule has 4 rings (SSSR count). The lowest BCUT2D eigenvalue weighted by atomic mass is 10.1. The van der Waals surface area contributed by atoms with E-state index in [9.17, 15) is 4.79 Å². The number of fused-ring (bicyclic) bond motifs is 1. The summed E-state index contributed by atoms with van der Waals surface area (Å²) in [6, 6.07) is 12.4. The van der Waals surface area contributed by atoms with Crippen LogP contribution in [0.4, 0.5) is 5.69 Å². The van der Waals surface area contributed by atoms with E-state index in [-0.39, 0.29) is 5.91 Å². The molecule has 0 unspecified atom stereocenters. The first-order chi connectivity index (χ1) is 12.1. The Labute approximate surface area is 147 Å². The lowest BCUT2D eigenvalue weighted by Gasteiger charge is -2.36. The zero-order valence-corrected chi connectivity index (χ0v) is 14.6. The van der Waals surface area contributed by atoms with Crippen LogP contribution in [0.15, 0.2) is 48.8 Å². The molecule has 1 fully saturated rings. The second kappa shape index (κ2) is 6.24. The van der Waals surface area contributed by atoms with Crippen molar-refractivity contribution in [2.45, 2.75) is 13.8 Å². The van der Waals surface area contributed by atoms with Crippen LogP contribution in [0.1, 0.15) is 21.6 Å². The molecular weight excluding hydrogens is 312 g/mol. The van der Waals surface area contributed by atoms with Crippen molar-refractivity contribution < 1.29 is 4.79 Å². The first-order valence-corrected chi connectivity index (χ1v) is 8.67. The molecule has 0 radical (unpaired) electrons. The number of para-hydroxylation sites is 1. The number of carbonyl (C=O) groups excluding carboxylic acids is 1. The van der Waals surface area contributed by atoms with E-state index in [1.807, 2.05) is 40.8 Å². The van der Waals surface area contributed by atoms with Crippen molar-refractivity contribution in [2.24, 2.45) is 0 Å². The molecule has 3 aromatic rings. The van der Waals surface area contributed by atoms with Gasteiger partial charge in [0.1, 0.15) is 11.3 Å². The van der Waals surface area contributed by atoms with Gasteiger partial charge in [-0.1, -0.05) is 18.2 Å². The average Bonchev–Trinajstić information content (AvgIpc) is 3.05. The Kier molecular flexibility index (Phi) is 3.92. The largest absolute Gasteiger partial charge is 0.368 e. The zero-order chi connectivity index (χ0) is 17.4. The number of imidazole rings is 1. The molecule has 1 aliphatic rings. The minimum atomic E-state index is 0.0192. The van der Waals surface area contributed by atoms with Gasteiger partial charge in [-0.15, -0.1) is 0 Å². The van der Waals surface area contributed by atoms with Crippen LogP contribution in [0.3, 0.4) is 0 Å². The Morgan fingerprint density at radius 1 is 1.04 bits per heavy atom. The van der Waals surface area contributed by atoms with Gasteiger partial charge >= 0.3 is 0 Å². The number of anilines is 1. The van der Waals surface area contributed by atoms with Crippen molar-refractivity contribution in [1.82, 2.24) is 14.3 Å². The topological polar surface area (TPSA) is 40.9 Å². The standard InChI is InChI=1S/C20H22N4O/c1-15-7-8-24-14-17(21-19(24)13-15)20(25)23-11-9-22(10-12-23)18-6-4-3-5-16(18)2/h3-8,13-14H,9-12H2,1-2H3. The summed E-state index contributed by atoms with van der Waals surface area (Å²) in [7, 11) is 0. The lowest BCUT2D eigenvalue weighted by molar-refractivity contribution is 0.0741. The first-order valence-electron chi connectivity index (χ1n) is 8.67. The highest BCUT2D eigenvalue weighted by Gasteiger charge is 2.24. The third-order valence-electron chi connectivity index (χ3n) is 4.86. The van der Waals surface area contributed by atoms with Gasteiger partial charge < -0.3 is 14.2 Å². The molecule has 0 saturated carbocycles. The SMILES string of the molecule is Cc1ccn2cc(C(=O)N3CCN(c4ccccc4C)CC3)nc2c1. The number of amides is 1. The van der Waals surface area contributed by atoms with Crippen LogP contribution in [0.5, 0.6) is 0 Å². The van der Waals surface area contributed by atoms with E-state index in [0.717, 1.165) is 37.4 Å². The number of piperazine rings is 1. The molecule has 3 heterocycles. The molecule has 0 spiro atoms. The van der Waals surface area contributed by atoms with Gasteiger partial charge in [-0.2, -0.15) is 0 Å². The van der Waals surface area contributed by atoms with Crippen LogP contribution in [0.2, 0.25) is 0 Å². The number of hydrogen-bond acceptors (Lipinski definition) is 3. The van der Waals surface area contributed by atoms with Gasteiger partial charge in [0.05, 0.1) is 0 Å². The number of nitrogens with zero attached hydrogens (tertiary/aromatic N) is 4. The Bertz CT molecular complexity index is 922. The minimum Gasteiger partial charge on any atom is -0.368 e. The summed E-state index contributed by atoms with van der Waals surface area (Å²) in [5.74, 6) is 0.0192. The van der Waals surface area contributed by atoms with Gasteiger partial charge in [0.15, 0.2) is 0 Å². The van der Waals surface area contributed by atoms with Gasteiger partial charge in [0, 0.05) is 44.3 Å². The number of carbonyl (C=O) groups is 1. The molecule has 2 aromatic heterocycles.